The number of phenolic OH excluding ortho intramolecular Hbond substituents is 1. The van der Waals surface area contributed by atoms with E-state index in [1.54, 1.807) is 18.2 Å². The zero-order valence-corrected chi connectivity index (χ0v) is 18.1. The molecule has 3 N–H and O–H groups in total. The van der Waals surface area contributed by atoms with Crippen LogP contribution in [0.3, 0.4) is 0 Å². The van der Waals surface area contributed by atoms with Crippen LogP contribution in [0.1, 0.15) is 25.0 Å². The fourth-order valence-corrected chi connectivity index (χ4v) is 3.72. The van der Waals surface area contributed by atoms with E-state index in [9.17, 15) is 15.0 Å². The van der Waals surface area contributed by atoms with Crippen molar-refractivity contribution >= 4 is 38.5 Å². The summed E-state index contributed by atoms with van der Waals surface area (Å²) in [4.78, 5) is 12.8. The molecule has 1 amide bonds. The summed E-state index contributed by atoms with van der Waals surface area (Å²) in [6.07, 6.45) is -1.98. The largest absolute Gasteiger partial charge is 0.508 e. The lowest BCUT2D eigenvalue weighted by atomic mass is 10.0. The molecule has 2 atom stereocenters. The molecule has 0 saturated heterocycles. The van der Waals surface area contributed by atoms with Crippen LogP contribution in [0.2, 0.25) is 0 Å². The minimum absolute atomic E-state index is 0.0243. The summed E-state index contributed by atoms with van der Waals surface area (Å²) in [5.41, 5.74) is 1.01. The number of rotatable bonds is 8. The average molecular weight is 474 g/mol. The Hall–Kier alpha value is -2.61. The Morgan fingerprint density at radius 3 is 2.67 bits per heavy atom. The molecule has 3 aromatic carbocycles. The molecule has 0 bridgehead atoms. The van der Waals surface area contributed by atoms with Gasteiger partial charge in [-0.2, -0.15) is 0 Å². The zero-order chi connectivity index (χ0) is 21.5. The second-order valence-corrected chi connectivity index (χ2v) is 7.60. The van der Waals surface area contributed by atoms with Crippen LogP contribution in [0.15, 0.2) is 65.1 Å². The summed E-state index contributed by atoms with van der Waals surface area (Å²) < 4.78 is 12.2. The van der Waals surface area contributed by atoms with Crippen LogP contribution in [0.25, 0.3) is 10.8 Å². The van der Waals surface area contributed by atoms with E-state index in [0.29, 0.717) is 17.9 Å². The van der Waals surface area contributed by atoms with Gasteiger partial charge in [0.15, 0.2) is 6.10 Å². The Morgan fingerprint density at radius 1 is 1.13 bits per heavy atom. The summed E-state index contributed by atoms with van der Waals surface area (Å²) in [6, 6.07) is 18.2. The molecule has 0 unspecified atom stereocenters. The van der Waals surface area contributed by atoms with Gasteiger partial charge >= 0.3 is 6.09 Å². The standard InChI is InChI=1S/C23H24BrNO5/c1-2-29-21(12-13-26)22(18-14-16(24)10-11-20(18)27)30-23(28)25-19-9-5-7-15-6-3-4-8-17(15)19/h3-11,14,21-22,26-27H,2,12-13H2,1H3,(H,25,28)/t21-,22-/m0/s1. The van der Waals surface area contributed by atoms with Gasteiger partial charge in [0.2, 0.25) is 0 Å². The number of fused-ring (bicyclic) bond motifs is 1. The Balaban J connectivity index is 1.89. The zero-order valence-electron chi connectivity index (χ0n) is 16.5. The molecule has 0 aromatic heterocycles. The second-order valence-electron chi connectivity index (χ2n) is 6.69. The maximum Gasteiger partial charge on any atom is 0.412 e. The minimum atomic E-state index is -0.912. The molecule has 3 aromatic rings. The smallest absolute Gasteiger partial charge is 0.412 e. The van der Waals surface area contributed by atoms with Crippen LogP contribution in [0, 0.1) is 0 Å². The lowest BCUT2D eigenvalue weighted by Crippen LogP contribution is -2.30. The van der Waals surface area contributed by atoms with Crippen molar-refractivity contribution in [2.24, 2.45) is 0 Å². The molecular weight excluding hydrogens is 450 g/mol. The van der Waals surface area contributed by atoms with Crippen LogP contribution in [-0.4, -0.2) is 35.6 Å². The fourth-order valence-electron chi connectivity index (χ4n) is 3.35. The first kappa shape index (κ1) is 22.1. The molecule has 6 nitrogen and oxygen atoms in total. The Labute approximate surface area is 183 Å². The van der Waals surface area contributed by atoms with E-state index in [-0.39, 0.29) is 18.8 Å². The predicted molar refractivity (Wildman–Crippen MR) is 120 cm³/mol. The van der Waals surface area contributed by atoms with Crippen molar-refractivity contribution in [3.8, 4) is 5.75 Å². The van der Waals surface area contributed by atoms with Crippen molar-refractivity contribution in [1.29, 1.82) is 0 Å². The fraction of sp³-hybridized carbons (Fsp3) is 0.261. The highest BCUT2D eigenvalue weighted by Gasteiger charge is 2.30. The number of nitrogens with one attached hydrogen (secondary N) is 1. The number of hydrogen-bond acceptors (Lipinski definition) is 5. The molecule has 0 fully saturated rings. The molecule has 7 heteroatoms. The molecule has 3 rings (SSSR count). The van der Waals surface area contributed by atoms with E-state index >= 15 is 0 Å². The van der Waals surface area contributed by atoms with Crippen LogP contribution in [-0.2, 0) is 9.47 Å². The van der Waals surface area contributed by atoms with E-state index < -0.39 is 18.3 Å². The Kier molecular flexibility index (Phi) is 7.68. The van der Waals surface area contributed by atoms with Crippen molar-refractivity contribution in [3.63, 3.8) is 0 Å². The average Bonchev–Trinajstić information content (AvgIpc) is 2.74. The molecule has 0 radical (unpaired) electrons. The molecule has 0 aliphatic rings. The van der Waals surface area contributed by atoms with Gasteiger partial charge in [-0.3, -0.25) is 5.32 Å². The van der Waals surface area contributed by atoms with Gasteiger partial charge < -0.3 is 19.7 Å². The number of carbonyl (C=O) groups is 1. The van der Waals surface area contributed by atoms with Crippen LogP contribution >= 0.6 is 15.9 Å². The van der Waals surface area contributed by atoms with Crippen molar-refractivity contribution in [2.75, 3.05) is 18.5 Å². The normalized spacial score (nSPS) is 13.0. The topological polar surface area (TPSA) is 88.0 Å². The van der Waals surface area contributed by atoms with E-state index in [1.165, 1.54) is 6.07 Å². The van der Waals surface area contributed by atoms with E-state index in [4.69, 9.17) is 9.47 Å². The molecule has 0 aliphatic heterocycles. The minimum Gasteiger partial charge on any atom is -0.508 e. The van der Waals surface area contributed by atoms with Crippen LogP contribution in [0.5, 0.6) is 5.75 Å². The summed E-state index contributed by atoms with van der Waals surface area (Å²) >= 11 is 3.38. The first-order valence-electron chi connectivity index (χ1n) is 9.69. The predicted octanol–water partition coefficient (Wildman–Crippen LogP) is 5.39. The van der Waals surface area contributed by atoms with Gasteiger partial charge in [0, 0.05) is 35.1 Å². The van der Waals surface area contributed by atoms with Gasteiger partial charge in [-0.1, -0.05) is 52.3 Å². The second kappa shape index (κ2) is 10.4. The molecule has 0 spiro atoms. The van der Waals surface area contributed by atoms with Gasteiger partial charge in [0.1, 0.15) is 11.9 Å². The first-order valence-corrected chi connectivity index (χ1v) is 10.5. The maximum atomic E-state index is 12.8. The Morgan fingerprint density at radius 2 is 1.90 bits per heavy atom. The monoisotopic (exact) mass is 473 g/mol. The molecule has 0 aliphatic carbocycles. The van der Waals surface area contributed by atoms with Crippen molar-refractivity contribution in [1.82, 2.24) is 0 Å². The van der Waals surface area contributed by atoms with Gasteiger partial charge in [-0.05, 0) is 36.6 Å². The molecular formula is C23H24BrNO5. The lowest BCUT2D eigenvalue weighted by molar-refractivity contribution is -0.0491. The number of aliphatic hydroxyl groups is 1. The highest BCUT2D eigenvalue weighted by atomic mass is 79.9. The number of anilines is 1. The number of phenols is 1. The van der Waals surface area contributed by atoms with E-state index in [1.807, 2.05) is 43.3 Å². The number of aromatic hydroxyl groups is 1. The summed E-state index contributed by atoms with van der Waals surface area (Å²) in [6.45, 7) is 2.03. The van der Waals surface area contributed by atoms with Gasteiger partial charge in [0.25, 0.3) is 0 Å². The van der Waals surface area contributed by atoms with Crippen molar-refractivity contribution in [3.05, 3.63) is 70.7 Å². The quantitative estimate of drug-likeness (QED) is 0.408. The van der Waals surface area contributed by atoms with Crippen LogP contribution in [0.4, 0.5) is 10.5 Å². The molecule has 158 valence electrons. The third kappa shape index (κ3) is 5.30. The van der Waals surface area contributed by atoms with Gasteiger partial charge in [-0.15, -0.1) is 0 Å². The number of ether oxygens (including phenoxy) is 2. The summed E-state index contributed by atoms with van der Waals surface area (Å²) in [5.74, 6) is -0.0243. The maximum absolute atomic E-state index is 12.8. The first-order chi connectivity index (χ1) is 14.5. The van der Waals surface area contributed by atoms with E-state index in [2.05, 4.69) is 21.2 Å². The number of amides is 1. The number of carbonyl (C=O) groups excluding carboxylic acids is 1. The van der Waals surface area contributed by atoms with E-state index in [0.717, 1.165) is 15.2 Å². The van der Waals surface area contributed by atoms with Crippen molar-refractivity contribution < 1.29 is 24.5 Å². The third-order valence-electron chi connectivity index (χ3n) is 4.69. The summed E-state index contributed by atoms with van der Waals surface area (Å²) in [7, 11) is 0. The third-order valence-corrected chi connectivity index (χ3v) is 5.18. The molecule has 0 saturated carbocycles. The van der Waals surface area contributed by atoms with Gasteiger partial charge in [0.05, 0.1) is 5.69 Å². The highest BCUT2D eigenvalue weighted by molar-refractivity contribution is 9.10. The highest BCUT2D eigenvalue weighted by Crippen LogP contribution is 2.35. The molecule has 0 heterocycles. The SMILES string of the molecule is CCO[C@@H](CCO)[C@@H](OC(=O)Nc1cccc2ccccc12)c1cc(Br)ccc1O. The number of benzene rings is 3. The number of aliphatic hydroxyl groups excluding tert-OH is 1. The lowest BCUT2D eigenvalue weighted by Gasteiger charge is -2.27. The molecule has 30 heavy (non-hydrogen) atoms. The van der Waals surface area contributed by atoms with Crippen LogP contribution < -0.4 is 5.32 Å². The summed E-state index contributed by atoms with van der Waals surface area (Å²) in [5, 5.41) is 24.5. The van der Waals surface area contributed by atoms with Gasteiger partial charge in [-0.25, -0.2) is 4.79 Å². The Bertz CT molecular complexity index is 999. The van der Waals surface area contributed by atoms with Crippen molar-refractivity contribution in [2.45, 2.75) is 25.6 Å². The number of halogens is 1. The number of hydrogen-bond donors (Lipinski definition) is 3.